The number of aliphatic hydroxyl groups is 1. The Morgan fingerprint density at radius 1 is 1.35 bits per heavy atom. The van der Waals surface area contributed by atoms with Crippen LogP contribution in [-0.4, -0.2) is 21.4 Å². The number of nitrogens with zero attached hydrogens (tertiary/aromatic N) is 2. The molecule has 2 aromatic rings. The predicted molar refractivity (Wildman–Crippen MR) is 74.9 cm³/mol. The van der Waals surface area contributed by atoms with E-state index in [0.717, 1.165) is 12.8 Å². The van der Waals surface area contributed by atoms with Crippen molar-refractivity contribution >= 4 is 0 Å². The lowest BCUT2D eigenvalue weighted by Gasteiger charge is -2.14. The number of imidazole rings is 1. The summed E-state index contributed by atoms with van der Waals surface area (Å²) in [6, 6.07) is 7.67. The smallest absolute Gasteiger partial charge is 0.328 e. The van der Waals surface area contributed by atoms with Crippen LogP contribution in [0.15, 0.2) is 41.5 Å². The quantitative estimate of drug-likeness (QED) is 0.903. The first-order chi connectivity index (χ1) is 9.70. The first-order valence-electron chi connectivity index (χ1n) is 6.79. The molecule has 1 unspecified atom stereocenters. The first kappa shape index (κ1) is 13.0. The summed E-state index contributed by atoms with van der Waals surface area (Å²) in [6.45, 7) is 0.235. The predicted octanol–water partition coefficient (Wildman–Crippen LogP) is 1.73. The van der Waals surface area contributed by atoms with E-state index in [1.165, 1.54) is 0 Å². The van der Waals surface area contributed by atoms with E-state index in [2.05, 4.69) is 0 Å². The van der Waals surface area contributed by atoms with Crippen LogP contribution in [0.1, 0.15) is 30.6 Å². The van der Waals surface area contributed by atoms with Gasteiger partial charge in [0.1, 0.15) is 11.9 Å². The van der Waals surface area contributed by atoms with Crippen molar-refractivity contribution in [3.63, 3.8) is 0 Å². The molecule has 0 bridgehead atoms. The van der Waals surface area contributed by atoms with Crippen LogP contribution in [-0.2, 0) is 6.54 Å². The Balaban J connectivity index is 1.82. The molecule has 0 radical (unpaired) electrons. The Morgan fingerprint density at radius 2 is 2.10 bits per heavy atom. The molecule has 1 aliphatic rings. The molecule has 1 N–H and O–H groups in total. The molecule has 1 aromatic carbocycles. The summed E-state index contributed by atoms with van der Waals surface area (Å²) in [7, 11) is 1.57. The Kier molecular flexibility index (Phi) is 3.36. The average Bonchev–Trinajstić information content (AvgIpc) is 3.25. The summed E-state index contributed by atoms with van der Waals surface area (Å²) in [5, 5.41) is 10.3. The van der Waals surface area contributed by atoms with Gasteiger partial charge < -0.3 is 9.84 Å². The van der Waals surface area contributed by atoms with Crippen LogP contribution in [0, 0.1) is 0 Å². The Hall–Kier alpha value is -2.01. The molecule has 1 atom stereocenters. The van der Waals surface area contributed by atoms with Gasteiger partial charge in [0, 0.05) is 24.0 Å². The maximum absolute atomic E-state index is 12.2. The molecule has 1 heterocycles. The monoisotopic (exact) mass is 274 g/mol. The number of benzene rings is 1. The second-order valence-electron chi connectivity index (χ2n) is 5.13. The number of ether oxygens (including phenoxy) is 1. The largest absolute Gasteiger partial charge is 0.496 e. The van der Waals surface area contributed by atoms with Crippen molar-refractivity contribution in [2.45, 2.75) is 31.5 Å². The fraction of sp³-hybridized carbons (Fsp3) is 0.400. The van der Waals surface area contributed by atoms with Crippen LogP contribution in [0.2, 0.25) is 0 Å². The SMILES string of the molecule is COc1ccccc1C(O)Cn1ccn(C2CC2)c1=O. The fourth-order valence-corrected chi connectivity index (χ4v) is 2.42. The topological polar surface area (TPSA) is 56.4 Å². The maximum atomic E-state index is 12.2. The van der Waals surface area contributed by atoms with Gasteiger partial charge >= 0.3 is 5.69 Å². The van der Waals surface area contributed by atoms with Crippen LogP contribution in [0.25, 0.3) is 0 Å². The summed E-state index contributed by atoms with van der Waals surface area (Å²) in [5.41, 5.74) is 0.641. The average molecular weight is 274 g/mol. The van der Waals surface area contributed by atoms with Gasteiger partial charge in [-0.15, -0.1) is 0 Å². The lowest BCUT2D eigenvalue weighted by atomic mass is 10.1. The molecule has 0 saturated heterocycles. The molecule has 1 aliphatic carbocycles. The molecule has 5 nitrogen and oxygen atoms in total. The molecule has 1 saturated carbocycles. The third kappa shape index (κ3) is 2.36. The minimum Gasteiger partial charge on any atom is -0.496 e. The van der Waals surface area contributed by atoms with Gasteiger partial charge in [0.15, 0.2) is 0 Å². The van der Waals surface area contributed by atoms with E-state index in [1.807, 2.05) is 18.2 Å². The number of aromatic nitrogens is 2. The molecule has 3 rings (SSSR count). The molecule has 0 aliphatic heterocycles. The van der Waals surface area contributed by atoms with E-state index in [0.29, 0.717) is 17.4 Å². The number of rotatable bonds is 5. The van der Waals surface area contributed by atoms with Crippen molar-refractivity contribution in [1.82, 2.24) is 9.13 Å². The number of aliphatic hydroxyl groups excluding tert-OH is 1. The van der Waals surface area contributed by atoms with Crippen molar-refractivity contribution < 1.29 is 9.84 Å². The lowest BCUT2D eigenvalue weighted by molar-refractivity contribution is 0.151. The van der Waals surface area contributed by atoms with Crippen molar-refractivity contribution in [3.05, 3.63) is 52.7 Å². The van der Waals surface area contributed by atoms with Crippen LogP contribution in [0.5, 0.6) is 5.75 Å². The molecule has 106 valence electrons. The zero-order valence-corrected chi connectivity index (χ0v) is 11.4. The third-order valence-electron chi connectivity index (χ3n) is 3.68. The van der Waals surface area contributed by atoms with Gasteiger partial charge in [-0.05, 0) is 18.9 Å². The summed E-state index contributed by atoms with van der Waals surface area (Å²) < 4.78 is 8.53. The molecule has 1 aromatic heterocycles. The van der Waals surface area contributed by atoms with Crippen LogP contribution >= 0.6 is 0 Å². The second-order valence-corrected chi connectivity index (χ2v) is 5.13. The number of hydrogen-bond donors (Lipinski definition) is 1. The number of hydrogen-bond acceptors (Lipinski definition) is 3. The van der Waals surface area contributed by atoms with Crippen molar-refractivity contribution in [3.8, 4) is 5.75 Å². The second kappa shape index (κ2) is 5.17. The van der Waals surface area contributed by atoms with Gasteiger partial charge in [-0.2, -0.15) is 0 Å². The minimum atomic E-state index is -0.765. The van der Waals surface area contributed by atoms with E-state index in [1.54, 1.807) is 34.7 Å². The number of para-hydroxylation sites is 1. The van der Waals surface area contributed by atoms with Crippen LogP contribution in [0.3, 0.4) is 0 Å². The summed E-state index contributed by atoms with van der Waals surface area (Å²) in [4.78, 5) is 12.2. The lowest BCUT2D eigenvalue weighted by Crippen LogP contribution is -2.25. The van der Waals surface area contributed by atoms with Gasteiger partial charge in [0.2, 0.25) is 0 Å². The fourth-order valence-electron chi connectivity index (χ4n) is 2.42. The molecule has 0 amide bonds. The summed E-state index contributed by atoms with van der Waals surface area (Å²) >= 11 is 0. The van der Waals surface area contributed by atoms with Crippen molar-refractivity contribution in [1.29, 1.82) is 0 Å². The molecular formula is C15H18N2O3. The number of methoxy groups -OCH3 is 1. The Morgan fingerprint density at radius 3 is 2.80 bits per heavy atom. The molecule has 5 heteroatoms. The Bertz CT molecular complexity index is 655. The zero-order chi connectivity index (χ0) is 14.1. The normalized spacial score (nSPS) is 16.1. The van der Waals surface area contributed by atoms with E-state index >= 15 is 0 Å². The summed E-state index contributed by atoms with van der Waals surface area (Å²) in [6.07, 6.45) is 4.91. The van der Waals surface area contributed by atoms with Crippen molar-refractivity contribution in [2.75, 3.05) is 7.11 Å². The van der Waals surface area contributed by atoms with E-state index in [4.69, 9.17) is 4.74 Å². The van der Waals surface area contributed by atoms with Gasteiger partial charge in [-0.1, -0.05) is 18.2 Å². The van der Waals surface area contributed by atoms with E-state index in [9.17, 15) is 9.90 Å². The van der Waals surface area contributed by atoms with E-state index < -0.39 is 6.10 Å². The first-order valence-corrected chi connectivity index (χ1v) is 6.79. The van der Waals surface area contributed by atoms with Crippen LogP contribution < -0.4 is 10.4 Å². The van der Waals surface area contributed by atoms with Gasteiger partial charge in [0.25, 0.3) is 0 Å². The summed E-state index contributed by atoms with van der Waals surface area (Å²) in [5.74, 6) is 0.634. The van der Waals surface area contributed by atoms with Crippen molar-refractivity contribution in [2.24, 2.45) is 0 Å². The highest BCUT2D eigenvalue weighted by atomic mass is 16.5. The maximum Gasteiger partial charge on any atom is 0.328 e. The standard InChI is InChI=1S/C15H18N2O3/c1-20-14-5-3-2-4-12(14)13(18)10-16-8-9-17(15(16)19)11-6-7-11/h2-5,8-9,11,13,18H,6-7,10H2,1H3. The molecule has 20 heavy (non-hydrogen) atoms. The van der Waals surface area contributed by atoms with Gasteiger partial charge in [-0.3, -0.25) is 9.13 Å². The van der Waals surface area contributed by atoms with Gasteiger partial charge in [-0.25, -0.2) is 4.79 Å². The third-order valence-corrected chi connectivity index (χ3v) is 3.68. The Labute approximate surface area is 117 Å². The highest BCUT2D eigenvalue weighted by Crippen LogP contribution is 2.33. The van der Waals surface area contributed by atoms with E-state index in [-0.39, 0.29) is 12.2 Å². The van der Waals surface area contributed by atoms with Gasteiger partial charge in [0.05, 0.1) is 13.7 Å². The highest BCUT2D eigenvalue weighted by Gasteiger charge is 2.26. The minimum absolute atomic E-state index is 0.0542. The molecular weight excluding hydrogens is 256 g/mol. The molecule has 1 fully saturated rings. The highest BCUT2D eigenvalue weighted by molar-refractivity contribution is 5.34. The zero-order valence-electron chi connectivity index (χ0n) is 11.4. The molecule has 0 spiro atoms. The van der Waals surface area contributed by atoms with Crippen LogP contribution in [0.4, 0.5) is 0 Å².